The highest BCUT2D eigenvalue weighted by molar-refractivity contribution is 6.30. The summed E-state index contributed by atoms with van der Waals surface area (Å²) in [6.45, 7) is 2.04. The molecule has 3 aromatic rings. The van der Waals surface area contributed by atoms with Crippen LogP contribution in [-0.2, 0) is 0 Å². The van der Waals surface area contributed by atoms with Crippen LogP contribution in [0.1, 0.15) is 22.9 Å². The molecule has 0 saturated heterocycles. The fraction of sp³-hybridized carbons (Fsp3) is 0.176. The van der Waals surface area contributed by atoms with Gasteiger partial charge >= 0.3 is 0 Å². The molecule has 3 nitrogen and oxygen atoms in total. The quantitative estimate of drug-likeness (QED) is 0.777. The highest BCUT2D eigenvalue weighted by Gasteiger charge is 2.21. The summed E-state index contributed by atoms with van der Waals surface area (Å²) in [4.78, 5) is 0. The number of hydrogen-bond acceptors (Lipinski definition) is 3. The lowest BCUT2D eigenvalue weighted by atomic mass is 9.99. The van der Waals surface area contributed by atoms with Gasteiger partial charge < -0.3 is 14.9 Å². The van der Waals surface area contributed by atoms with Crippen LogP contribution in [0.4, 0.5) is 0 Å². The zero-order chi connectivity index (χ0) is 15.0. The Bertz CT molecular complexity index is 795. The van der Waals surface area contributed by atoms with Gasteiger partial charge in [0.2, 0.25) is 0 Å². The Morgan fingerprint density at radius 2 is 2.05 bits per heavy atom. The second-order valence-corrected chi connectivity index (χ2v) is 5.44. The van der Waals surface area contributed by atoms with Crippen molar-refractivity contribution in [2.45, 2.75) is 13.0 Å². The molecule has 0 spiro atoms. The first-order chi connectivity index (χ1) is 10.1. The van der Waals surface area contributed by atoms with Gasteiger partial charge in [-0.1, -0.05) is 29.8 Å². The van der Waals surface area contributed by atoms with Gasteiger partial charge in [-0.25, -0.2) is 0 Å². The lowest BCUT2D eigenvalue weighted by molar-refractivity contribution is 0.403. The van der Waals surface area contributed by atoms with Gasteiger partial charge in [-0.15, -0.1) is 0 Å². The summed E-state index contributed by atoms with van der Waals surface area (Å²) in [5.41, 5.74) is 8.35. The topological polar surface area (TPSA) is 48.4 Å². The van der Waals surface area contributed by atoms with Gasteiger partial charge in [0.25, 0.3) is 0 Å². The molecule has 1 heterocycles. The SMILES string of the molecule is COc1ccc(Cl)cc1C(N)c1occ2cccc(C)c12. The molecule has 0 aliphatic carbocycles. The highest BCUT2D eigenvalue weighted by atomic mass is 35.5. The van der Waals surface area contributed by atoms with Crippen molar-refractivity contribution in [2.75, 3.05) is 7.11 Å². The normalized spacial score (nSPS) is 12.6. The van der Waals surface area contributed by atoms with E-state index >= 15 is 0 Å². The minimum absolute atomic E-state index is 0.433. The van der Waals surface area contributed by atoms with Crippen molar-refractivity contribution in [1.29, 1.82) is 0 Å². The standard InChI is InChI=1S/C17H16ClNO2/c1-10-4-3-5-11-9-21-17(15(10)11)16(19)13-8-12(18)6-7-14(13)20-2/h3-9,16H,19H2,1-2H3. The van der Waals surface area contributed by atoms with Crippen molar-refractivity contribution in [3.63, 3.8) is 0 Å². The van der Waals surface area contributed by atoms with Crippen LogP contribution in [0.5, 0.6) is 5.75 Å². The molecule has 0 aliphatic rings. The Morgan fingerprint density at radius 3 is 2.81 bits per heavy atom. The largest absolute Gasteiger partial charge is 0.496 e. The monoisotopic (exact) mass is 301 g/mol. The van der Waals surface area contributed by atoms with Crippen LogP contribution in [0.25, 0.3) is 10.8 Å². The fourth-order valence-electron chi connectivity index (χ4n) is 2.63. The summed E-state index contributed by atoms with van der Waals surface area (Å²) in [5, 5.41) is 2.71. The third kappa shape index (κ3) is 2.39. The highest BCUT2D eigenvalue weighted by Crippen LogP contribution is 2.35. The van der Waals surface area contributed by atoms with Gasteiger partial charge in [-0.3, -0.25) is 0 Å². The Morgan fingerprint density at radius 1 is 1.24 bits per heavy atom. The Balaban J connectivity index is 2.17. The first-order valence-electron chi connectivity index (χ1n) is 6.67. The molecule has 0 bridgehead atoms. The van der Waals surface area contributed by atoms with Crippen molar-refractivity contribution in [3.05, 3.63) is 64.6 Å². The van der Waals surface area contributed by atoms with Crippen LogP contribution in [-0.4, -0.2) is 7.11 Å². The number of benzene rings is 2. The average molecular weight is 302 g/mol. The maximum Gasteiger partial charge on any atom is 0.133 e. The van der Waals surface area contributed by atoms with Gasteiger partial charge in [0.1, 0.15) is 11.5 Å². The molecule has 21 heavy (non-hydrogen) atoms. The van der Waals surface area contributed by atoms with E-state index in [9.17, 15) is 0 Å². The molecule has 2 aromatic carbocycles. The van der Waals surface area contributed by atoms with E-state index in [1.165, 1.54) is 0 Å². The van der Waals surface area contributed by atoms with Crippen molar-refractivity contribution >= 4 is 22.4 Å². The minimum atomic E-state index is -0.433. The molecule has 0 radical (unpaired) electrons. The molecule has 1 aromatic heterocycles. The number of ether oxygens (including phenoxy) is 1. The molecule has 4 heteroatoms. The molecule has 0 saturated carbocycles. The first kappa shape index (κ1) is 14.0. The summed E-state index contributed by atoms with van der Waals surface area (Å²) >= 11 is 6.09. The zero-order valence-electron chi connectivity index (χ0n) is 11.9. The predicted octanol–water partition coefficient (Wildman–Crippen LogP) is 4.45. The van der Waals surface area contributed by atoms with Crippen molar-refractivity contribution in [1.82, 2.24) is 0 Å². The van der Waals surface area contributed by atoms with Crippen LogP contribution in [0.15, 0.2) is 47.1 Å². The number of fused-ring (bicyclic) bond motifs is 1. The molecular weight excluding hydrogens is 286 g/mol. The molecule has 108 valence electrons. The summed E-state index contributed by atoms with van der Waals surface area (Å²) in [6, 6.07) is 11.0. The number of aryl methyl sites for hydroxylation is 1. The van der Waals surface area contributed by atoms with E-state index in [0.717, 1.165) is 27.7 Å². The van der Waals surface area contributed by atoms with Gasteiger partial charge in [-0.05, 0) is 30.7 Å². The van der Waals surface area contributed by atoms with E-state index in [-0.39, 0.29) is 0 Å². The van der Waals surface area contributed by atoms with Crippen molar-refractivity contribution in [3.8, 4) is 5.75 Å². The van der Waals surface area contributed by atoms with E-state index in [2.05, 4.69) is 0 Å². The fourth-order valence-corrected chi connectivity index (χ4v) is 2.81. The third-order valence-corrected chi connectivity index (χ3v) is 3.91. The van der Waals surface area contributed by atoms with E-state index in [1.807, 2.05) is 37.3 Å². The number of nitrogens with two attached hydrogens (primary N) is 1. The van der Waals surface area contributed by atoms with E-state index in [0.29, 0.717) is 10.8 Å². The maximum absolute atomic E-state index is 6.41. The molecule has 0 amide bonds. The lowest BCUT2D eigenvalue weighted by Gasteiger charge is -2.15. The lowest BCUT2D eigenvalue weighted by Crippen LogP contribution is -2.13. The van der Waals surface area contributed by atoms with Crippen LogP contribution in [0.3, 0.4) is 0 Å². The predicted molar refractivity (Wildman–Crippen MR) is 85.0 cm³/mol. The van der Waals surface area contributed by atoms with Gasteiger partial charge in [0.15, 0.2) is 0 Å². The smallest absolute Gasteiger partial charge is 0.133 e. The summed E-state index contributed by atoms with van der Waals surface area (Å²) in [7, 11) is 1.62. The van der Waals surface area contributed by atoms with Gasteiger partial charge in [0.05, 0.1) is 19.4 Å². The number of hydrogen-bond donors (Lipinski definition) is 1. The third-order valence-electron chi connectivity index (χ3n) is 3.67. The van der Waals surface area contributed by atoms with Crippen LogP contribution in [0, 0.1) is 6.92 Å². The second kappa shape index (κ2) is 5.43. The Hall–Kier alpha value is -1.97. The van der Waals surface area contributed by atoms with E-state index < -0.39 is 6.04 Å². The molecular formula is C17H16ClNO2. The second-order valence-electron chi connectivity index (χ2n) is 5.00. The molecule has 2 N–H and O–H groups in total. The van der Waals surface area contributed by atoms with Crippen LogP contribution >= 0.6 is 11.6 Å². The number of furan rings is 1. The molecule has 1 atom stereocenters. The summed E-state index contributed by atoms with van der Waals surface area (Å²) in [5.74, 6) is 1.42. The van der Waals surface area contributed by atoms with Crippen LogP contribution < -0.4 is 10.5 Å². The van der Waals surface area contributed by atoms with Crippen molar-refractivity contribution < 1.29 is 9.15 Å². The van der Waals surface area contributed by atoms with Gasteiger partial charge in [0, 0.05) is 21.4 Å². The zero-order valence-corrected chi connectivity index (χ0v) is 12.6. The molecule has 0 fully saturated rings. The number of rotatable bonds is 3. The van der Waals surface area contributed by atoms with Crippen LogP contribution in [0.2, 0.25) is 5.02 Å². The minimum Gasteiger partial charge on any atom is -0.496 e. The maximum atomic E-state index is 6.41. The first-order valence-corrected chi connectivity index (χ1v) is 7.05. The number of halogens is 1. The summed E-state index contributed by atoms with van der Waals surface area (Å²) in [6.07, 6.45) is 1.73. The number of methoxy groups -OCH3 is 1. The Labute approximate surface area is 128 Å². The van der Waals surface area contributed by atoms with E-state index in [1.54, 1.807) is 19.4 Å². The van der Waals surface area contributed by atoms with E-state index in [4.69, 9.17) is 26.5 Å². The Kier molecular flexibility index (Phi) is 3.62. The average Bonchev–Trinajstić information content (AvgIpc) is 2.92. The van der Waals surface area contributed by atoms with Gasteiger partial charge in [-0.2, -0.15) is 0 Å². The molecule has 3 rings (SSSR count). The molecule has 1 unspecified atom stereocenters. The molecule has 0 aliphatic heterocycles. The summed E-state index contributed by atoms with van der Waals surface area (Å²) < 4.78 is 11.1. The van der Waals surface area contributed by atoms with Crippen molar-refractivity contribution in [2.24, 2.45) is 5.73 Å².